The first-order chi connectivity index (χ1) is 19.1. The van der Waals surface area contributed by atoms with Crippen molar-refractivity contribution in [3.05, 3.63) is 53.4 Å². The van der Waals surface area contributed by atoms with Crippen molar-refractivity contribution in [3.63, 3.8) is 0 Å². The van der Waals surface area contributed by atoms with E-state index in [1.807, 2.05) is 0 Å². The number of benzene rings is 2. The van der Waals surface area contributed by atoms with E-state index in [4.69, 9.17) is 29.4 Å². The van der Waals surface area contributed by atoms with E-state index in [9.17, 15) is 5.11 Å². The van der Waals surface area contributed by atoms with Gasteiger partial charge in [-0.05, 0) is 61.4 Å². The molecule has 0 radical (unpaired) electrons. The monoisotopic (exact) mass is 362 g/mol. The lowest BCUT2D eigenvalue weighted by Gasteiger charge is -2.13. The second-order valence-corrected chi connectivity index (χ2v) is 4.69. The largest absolute Gasteiger partial charge is 0.493 e. The average molecular weight is 363 g/mol. The summed E-state index contributed by atoms with van der Waals surface area (Å²) in [5.41, 5.74) is -0.730. The van der Waals surface area contributed by atoms with Crippen molar-refractivity contribution < 1.29 is 44.0 Å². The molecule has 0 heterocycles. The molecule has 4 heteroatoms. The first kappa shape index (κ1) is 6.20. The maximum absolute atomic E-state index is 10.6. The molecule has 0 aliphatic rings. The molecule has 1 N–H and O–H groups in total. The molecule has 0 saturated heterocycles. The fourth-order valence-electron chi connectivity index (χ4n) is 1.68. The van der Waals surface area contributed by atoms with Crippen molar-refractivity contribution in [2.75, 3.05) is 20.7 Å². The second kappa shape index (κ2) is 9.94. The van der Waals surface area contributed by atoms with Crippen LogP contribution in [0.2, 0.25) is 0 Å². The van der Waals surface area contributed by atoms with Gasteiger partial charge in [0.05, 0.1) is 39.3 Å². The van der Waals surface area contributed by atoms with Gasteiger partial charge >= 0.3 is 0 Å². The molecule has 0 saturated carbocycles. The highest BCUT2D eigenvalue weighted by molar-refractivity contribution is 5.42. The van der Waals surface area contributed by atoms with Gasteiger partial charge in [-0.2, -0.15) is 0 Å². The molecule has 0 aliphatic heterocycles. The normalized spacial score (nSPS) is 25.7. The van der Waals surface area contributed by atoms with Gasteiger partial charge in [0, 0.05) is 5.48 Å². The Morgan fingerprint density at radius 1 is 1.20 bits per heavy atom. The highest BCUT2D eigenvalue weighted by Gasteiger charge is 2.07. The predicted octanol–water partition coefficient (Wildman–Crippen LogP) is 4.16. The minimum Gasteiger partial charge on any atom is -0.493 e. The summed E-state index contributed by atoms with van der Waals surface area (Å²) in [4.78, 5) is 0. The van der Waals surface area contributed by atoms with Crippen LogP contribution < -0.4 is 14.2 Å². The van der Waals surface area contributed by atoms with Crippen LogP contribution in [0, 0.1) is 6.92 Å². The molecule has 4 nitrogen and oxygen atoms in total. The number of hydrogen-bond donors (Lipinski definition) is 1. The van der Waals surface area contributed by atoms with Gasteiger partial charge in [-0.15, -0.1) is 0 Å². The SMILES string of the molecule is [2H]c1c([2H])c(C)c([2H])c(OCC([2H])(O)C([2H])([2H])CC([2H])([2H])Cc2c([2H])c([2H])c(OC([2H])([2H])[2H])c(OC([2H])([2H])[2H])c2[2H])c1[2H]. The van der Waals surface area contributed by atoms with Crippen molar-refractivity contribution in [1.82, 2.24) is 0 Å². The standard InChI is InChI=1S/C21H28O4/c1-16-7-6-10-19(13-16)25-15-18(22)9-5-4-8-17-11-12-20(23-2)21(14-17)24-3/h6-7,10-14,18,22H,4-5,8-9,15H2,1-3H3/i2D3,3D3,4D2,6D,7D,9D2,10D,11D,12D,13D,14D,18D. The van der Waals surface area contributed by atoms with Crippen LogP contribution in [0.25, 0.3) is 0 Å². The zero-order valence-corrected chi connectivity index (χ0v) is 13.3. The molecule has 0 spiro atoms. The Morgan fingerprint density at radius 2 is 2.04 bits per heavy atom. The minimum atomic E-state index is -3.29. The van der Waals surface area contributed by atoms with Gasteiger partial charge in [-0.3, -0.25) is 0 Å². The summed E-state index contributed by atoms with van der Waals surface area (Å²) in [6.45, 7) is 0.0570. The molecule has 0 aliphatic carbocycles. The van der Waals surface area contributed by atoms with E-state index in [1.165, 1.54) is 6.92 Å². The van der Waals surface area contributed by atoms with Gasteiger partial charge in [0.2, 0.25) is 0 Å². The molecule has 2 aromatic rings. The van der Waals surface area contributed by atoms with Gasteiger partial charge < -0.3 is 19.3 Å². The van der Waals surface area contributed by atoms with Gasteiger partial charge in [0.1, 0.15) is 12.4 Å². The van der Waals surface area contributed by atoms with Gasteiger partial charge in [0.15, 0.2) is 11.5 Å². The van der Waals surface area contributed by atoms with Crippen LogP contribution in [0.5, 0.6) is 17.2 Å². The summed E-state index contributed by atoms with van der Waals surface area (Å²) in [5, 5.41) is 10.6. The molecule has 1 unspecified atom stereocenters. The average Bonchev–Trinajstić information content (AvgIpc) is 2.82. The van der Waals surface area contributed by atoms with Crippen LogP contribution in [-0.2, 0) is 6.42 Å². The Bertz CT molecular complexity index is 1340. The predicted molar refractivity (Wildman–Crippen MR) is 99.8 cm³/mol. The van der Waals surface area contributed by atoms with Crippen molar-refractivity contribution in [2.45, 2.75) is 38.6 Å². The summed E-state index contributed by atoms with van der Waals surface area (Å²) >= 11 is 0. The summed E-state index contributed by atoms with van der Waals surface area (Å²) in [7, 11) is -6.54. The van der Waals surface area contributed by atoms with Gasteiger partial charge in [-0.25, -0.2) is 0 Å². The lowest BCUT2D eigenvalue weighted by Crippen LogP contribution is -2.17. The van der Waals surface area contributed by atoms with E-state index < -0.39 is 117 Å². The molecule has 0 fully saturated rings. The third-order valence-electron chi connectivity index (χ3n) is 2.80. The maximum Gasteiger partial charge on any atom is 0.160 e. The van der Waals surface area contributed by atoms with Crippen molar-refractivity contribution in [2.24, 2.45) is 0 Å². The maximum atomic E-state index is 10.6. The third kappa shape index (κ3) is 6.31. The van der Waals surface area contributed by atoms with Crippen molar-refractivity contribution in [3.8, 4) is 17.2 Å². The van der Waals surface area contributed by atoms with Crippen molar-refractivity contribution >= 4 is 0 Å². The number of methoxy groups -OCH3 is 2. The first-order valence-electron chi connectivity index (χ1n) is 16.1. The molecule has 2 aromatic carbocycles. The number of hydrogen-bond acceptors (Lipinski definition) is 4. The summed E-state index contributed by atoms with van der Waals surface area (Å²) in [5.74, 6) is -2.77. The van der Waals surface area contributed by atoms with Crippen LogP contribution in [0.4, 0.5) is 0 Å². The summed E-state index contributed by atoms with van der Waals surface area (Å²) in [6.07, 6.45) is -11.6. The Kier molecular flexibility index (Phi) is 2.47. The van der Waals surface area contributed by atoms with Crippen LogP contribution in [0.15, 0.2) is 42.3 Å². The molecule has 0 aromatic heterocycles. The van der Waals surface area contributed by atoms with Gasteiger partial charge in [-0.1, -0.05) is 24.5 Å². The lowest BCUT2D eigenvalue weighted by molar-refractivity contribution is 0.0976. The second-order valence-electron chi connectivity index (χ2n) is 4.69. The number of rotatable bonds is 10. The van der Waals surface area contributed by atoms with E-state index in [0.717, 1.165) is 0 Å². The zero-order valence-electron chi connectivity index (χ0n) is 31.3. The molecule has 2 rings (SSSR count). The molecule has 1 atom stereocenters. The van der Waals surface area contributed by atoms with Crippen LogP contribution in [0.1, 0.15) is 55.0 Å². The van der Waals surface area contributed by atoms with E-state index in [2.05, 4.69) is 9.47 Å². The Labute approximate surface area is 175 Å². The molecule has 0 bridgehead atoms. The van der Waals surface area contributed by atoms with E-state index in [0.29, 0.717) is 0 Å². The molecule has 25 heavy (non-hydrogen) atoms. The van der Waals surface area contributed by atoms with E-state index >= 15 is 0 Å². The van der Waals surface area contributed by atoms with E-state index in [-0.39, 0.29) is 5.56 Å². The topological polar surface area (TPSA) is 47.9 Å². The number of ether oxygens (including phenoxy) is 3. The first-order valence-corrected chi connectivity index (χ1v) is 7.05. The van der Waals surface area contributed by atoms with Gasteiger partial charge in [0.25, 0.3) is 0 Å². The minimum absolute atomic E-state index is 0.0489. The van der Waals surface area contributed by atoms with E-state index in [1.54, 1.807) is 0 Å². The fourth-order valence-corrected chi connectivity index (χ4v) is 1.68. The van der Waals surface area contributed by atoms with Crippen LogP contribution >= 0.6 is 0 Å². The quantitative estimate of drug-likeness (QED) is 0.689. The highest BCUT2D eigenvalue weighted by Crippen LogP contribution is 2.28. The summed E-state index contributed by atoms with van der Waals surface area (Å²) < 4.78 is 155. The van der Waals surface area contributed by atoms with Crippen LogP contribution in [-0.4, -0.2) is 31.9 Å². The zero-order chi connectivity index (χ0) is 33.7. The third-order valence-corrected chi connectivity index (χ3v) is 2.80. The molecule has 0 amide bonds. The summed E-state index contributed by atoms with van der Waals surface area (Å²) in [6, 6.07) is -5.26. The molecular formula is C21H28O4. The Morgan fingerprint density at radius 3 is 2.88 bits per heavy atom. The Hall–Kier alpha value is -2.20. The lowest BCUT2D eigenvalue weighted by atomic mass is 10.0. The Balaban J connectivity index is 2.44. The molecule has 136 valence electrons. The molecular weight excluding hydrogens is 316 g/mol. The highest BCUT2D eigenvalue weighted by atomic mass is 16.5. The van der Waals surface area contributed by atoms with Crippen LogP contribution in [0.3, 0.4) is 0 Å². The van der Waals surface area contributed by atoms with Crippen molar-refractivity contribution in [1.29, 1.82) is 0 Å². The fraction of sp³-hybridized carbons (Fsp3) is 0.429. The number of aliphatic hydroxyl groups is 1. The smallest absolute Gasteiger partial charge is 0.160 e.